The standard InChI is InChI=1S/C14H28N2O2S/c1-4-6-13(5-2)15-9-11-16(12-10-15)19(17,18)14(3)7-8-14/h13H,4-12H2,1-3H3. The maximum atomic E-state index is 12.4. The second kappa shape index (κ2) is 5.70. The Labute approximate surface area is 118 Å². The van der Waals surface area contributed by atoms with Crippen LogP contribution in [-0.2, 0) is 10.0 Å². The molecule has 5 heteroatoms. The number of sulfonamides is 1. The van der Waals surface area contributed by atoms with Crippen molar-refractivity contribution in [3.05, 3.63) is 0 Å². The van der Waals surface area contributed by atoms with Gasteiger partial charge in [-0.3, -0.25) is 4.90 Å². The number of rotatable bonds is 6. The van der Waals surface area contributed by atoms with Gasteiger partial charge < -0.3 is 0 Å². The molecular formula is C14H28N2O2S. The molecule has 0 aromatic rings. The van der Waals surface area contributed by atoms with Gasteiger partial charge in [0.2, 0.25) is 10.0 Å². The zero-order chi connectivity index (χ0) is 14.1. The first-order chi connectivity index (χ1) is 8.94. The molecule has 0 N–H and O–H groups in total. The second-order valence-electron chi connectivity index (χ2n) is 6.24. The van der Waals surface area contributed by atoms with E-state index < -0.39 is 14.8 Å². The van der Waals surface area contributed by atoms with Crippen LogP contribution in [0.1, 0.15) is 52.9 Å². The molecule has 0 amide bonds. The van der Waals surface area contributed by atoms with Crippen LogP contribution in [-0.4, -0.2) is 54.6 Å². The van der Waals surface area contributed by atoms with Crippen molar-refractivity contribution in [1.82, 2.24) is 9.21 Å². The van der Waals surface area contributed by atoms with Gasteiger partial charge in [0.1, 0.15) is 0 Å². The molecule has 1 aliphatic heterocycles. The summed E-state index contributed by atoms with van der Waals surface area (Å²) < 4.78 is 26.2. The SMILES string of the molecule is CCCC(CC)N1CCN(S(=O)(=O)C2(C)CC2)CC1. The van der Waals surface area contributed by atoms with Crippen molar-refractivity contribution < 1.29 is 8.42 Å². The first kappa shape index (κ1) is 15.3. The van der Waals surface area contributed by atoms with Gasteiger partial charge in [0.25, 0.3) is 0 Å². The average molecular weight is 288 g/mol. The summed E-state index contributed by atoms with van der Waals surface area (Å²) >= 11 is 0. The Bertz CT molecular complexity index is 396. The Kier molecular flexibility index (Phi) is 4.58. The van der Waals surface area contributed by atoms with Crippen LogP contribution in [0, 0.1) is 0 Å². The smallest absolute Gasteiger partial charge is 0.219 e. The van der Waals surface area contributed by atoms with E-state index in [1.807, 2.05) is 6.92 Å². The van der Waals surface area contributed by atoms with Crippen LogP contribution in [0.5, 0.6) is 0 Å². The Morgan fingerprint density at radius 3 is 2.11 bits per heavy atom. The lowest BCUT2D eigenvalue weighted by atomic mass is 10.1. The van der Waals surface area contributed by atoms with Crippen molar-refractivity contribution in [3.8, 4) is 0 Å². The largest absolute Gasteiger partial charge is 0.298 e. The lowest BCUT2D eigenvalue weighted by molar-refractivity contribution is 0.126. The van der Waals surface area contributed by atoms with E-state index in [9.17, 15) is 8.42 Å². The third-order valence-electron chi connectivity index (χ3n) is 4.80. The minimum absolute atomic E-state index is 0.442. The fraction of sp³-hybridized carbons (Fsp3) is 1.00. The fourth-order valence-electron chi connectivity index (χ4n) is 3.03. The van der Waals surface area contributed by atoms with Gasteiger partial charge in [0.15, 0.2) is 0 Å². The molecule has 1 atom stereocenters. The first-order valence-electron chi connectivity index (χ1n) is 7.68. The van der Waals surface area contributed by atoms with E-state index in [0.29, 0.717) is 19.1 Å². The molecule has 1 aliphatic carbocycles. The molecule has 2 rings (SSSR count). The van der Waals surface area contributed by atoms with Crippen LogP contribution in [0.2, 0.25) is 0 Å². The molecule has 1 saturated heterocycles. The second-order valence-corrected chi connectivity index (χ2v) is 8.69. The molecule has 112 valence electrons. The highest BCUT2D eigenvalue weighted by Gasteiger charge is 2.53. The molecule has 0 spiro atoms. The molecule has 0 bridgehead atoms. The maximum absolute atomic E-state index is 12.4. The number of nitrogens with zero attached hydrogens (tertiary/aromatic N) is 2. The van der Waals surface area contributed by atoms with E-state index in [0.717, 1.165) is 32.4 Å². The third-order valence-corrected chi connectivity index (χ3v) is 7.50. The van der Waals surface area contributed by atoms with E-state index in [1.165, 1.54) is 12.8 Å². The van der Waals surface area contributed by atoms with Gasteiger partial charge in [0, 0.05) is 32.2 Å². The summed E-state index contributed by atoms with van der Waals surface area (Å²) in [5.41, 5.74) is 0. The number of hydrogen-bond donors (Lipinski definition) is 0. The van der Waals surface area contributed by atoms with Gasteiger partial charge in [-0.25, -0.2) is 8.42 Å². The van der Waals surface area contributed by atoms with Crippen LogP contribution in [0.25, 0.3) is 0 Å². The Morgan fingerprint density at radius 2 is 1.68 bits per heavy atom. The van der Waals surface area contributed by atoms with Gasteiger partial charge in [-0.05, 0) is 32.6 Å². The van der Waals surface area contributed by atoms with Gasteiger partial charge >= 0.3 is 0 Å². The summed E-state index contributed by atoms with van der Waals surface area (Å²) in [4.78, 5) is 2.48. The van der Waals surface area contributed by atoms with E-state index in [1.54, 1.807) is 4.31 Å². The predicted molar refractivity (Wildman–Crippen MR) is 78.7 cm³/mol. The summed E-state index contributed by atoms with van der Waals surface area (Å²) in [5.74, 6) is 0. The number of piperazine rings is 1. The molecule has 1 saturated carbocycles. The highest BCUT2D eigenvalue weighted by molar-refractivity contribution is 7.90. The normalized spacial score (nSPS) is 26.3. The quantitative estimate of drug-likeness (QED) is 0.751. The molecule has 2 aliphatic rings. The van der Waals surface area contributed by atoms with Crippen molar-refractivity contribution in [3.63, 3.8) is 0 Å². The van der Waals surface area contributed by atoms with Crippen molar-refractivity contribution in [2.75, 3.05) is 26.2 Å². The van der Waals surface area contributed by atoms with Crippen molar-refractivity contribution in [2.45, 2.75) is 63.7 Å². The van der Waals surface area contributed by atoms with Crippen LogP contribution in [0.15, 0.2) is 0 Å². The summed E-state index contributed by atoms with van der Waals surface area (Å²) in [6, 6.07) is 0.631. The van der Waals surface area contributed by atoms with Crippen LogP contribution >= 0.6 is 0 Å². The molecule has 4 nitrogen and oxygen atoms in total. The highest BCUT2D eigenvalue weighted by atomic mass is 32.2. The Balaban J connectivity index is 1.92. The zero-order valence-corrected chi connectivity index (χ0v) is 13.4. The topological polar surface area (TPSA) is 40.6 Å². The van der Waals surface area contributed by atoms with E-state index in [4.69, 9.17) is 0 Å². The molecule has 1 unspecified atom stereocenters. The zero-order valence-electron chi connectivity index (χ0n) is 12.6. The predicted octanol–water partition coefficient (Wildman–Crippen LogP) is 2.07. The highest BCUT2D eigenvalue weighted by Crippen LogP contribution is 2.44. The molecular weight excluding hydrogens is 260 g/mol. The van der Waals surface area contributed by atoms with Crippen molar-refractivity contribution in [2.24, 2.45) is 0 Å². The molecule has 0 aromatic carbocycles. The monoisotopic (exact) mass is 288 g/mol. The Hall–Kier alpha value is -0.130. The van der Waals surface area contributed by atoms with Crippen LogP contribution < -0.4 is 0 Å². The summed E-state index contributed by atoms with van der Waals surface area (Å²) in [7, 11) is -3.05. The van der Waals surface area contributed by atoms with Crippen molar-refractivity contribution in [1.29, 1.82) is 0 Å². The van der Waals surface area contributed by atoms with E-state index in [-0.39, 0.29) is 0 Å². The van der Waals surface area contributed by atoms with Gasteiger partial charge in [-0.15, -0.1) is 0 Å². The molecule has 19 heavy (non-hydrogen) atoms. The van der Waals surface area contributed by atoms with Gasteiger partial charge in [-0.2, -0.15) is 4.31 Å². The lowest BCUT2D eigenvalue weighted by Gasteiger charge is -2.39. The van der Waals surface area contributed by atoms with Crippen LogP contribution in [0.4, 0.5) is 0 Å². The van der Waals surface area contributed by atoms with Crippen molar-refractivity contribution >= 4 is 10.0 Å². The summed E-state index contributed by atoms with van der Waals surface area (Å²) in [6.07, 6.45) is 5.26. The number of hydrogen-bond acceptors (Lipinski definition) is 3. The molecule has 1 heterocycles. The maximum Gasteiger partial charge on any atom is 0.219 e. The minimum Gasteiger partial charge on any atom is -0.298 e. The lowest BCUT2D eigenvalue weighted by Crippen LogP contribution is -2.53. The van der Waals surface area contributed by atoms with Gasteiger partial charge in [0.05, 0.1) is 4.75 Å². The third kappa shape index (κ3) is 2.98. The first-order valence-corrected chi connectivity index (χ1v) is 9.12. The minimum atomic E-state index is -3.05. The summed E-state index contributed by atoms with van der Waals surface area (Å²) in [6.45, 7) is 9.49. The van der Waals surface area contributed by atoms with Crippen LogP contribution in [0.3, 0.4) is 0 Å². The average Bonchev–Trinajstić information content (AvgIpc) is 3.16. The molecule has 0 radical (unpaired) electrons. The Morgan fingerprint density at radius 1 is 1.11 bits per heavy atom. The van der Waals surface area contributed by atoms with E-state index >= 15 is 0 Å². The summed E-state index contributed by atoms with van der Waals surface area (Å²) in [5, 5.41) is 0. The van der Waals surface area contributed by atoms with Gasteiger partial charge in [-0.1, -0.05) is 20.3 Å². The van der Waals surface area contributed by atoms with E-state index in [2.05, 4.69) is 18.7 Å². The fourth-order valence-corrected chi connectivity index (χ4v) is 4.92. The molecule has 0 aromatic heterocycles. The molecule has 2 fully saturated rings.